The number of hydrogen-bond acceptors (Lipinski definition) is 1. The lowest BCUT2D eigenvalue weighted by Crippen LogP contribution is -2.19. The lowest BCUT2D eigenvalue weighted by molar-refractivity contribution is 0.650. The van der Waals surface area contributed by atoms with Gasteiger partial charge in [-0.2, -0.15) is 4.40 Å². The molecule has 0 amide bonds. The molecule has 1 aromatic carbocycles. The molecule has 1 atom stereocenters. The van der Waals surface area contributed by atoms with Crippen molar-refractivity contribution in [1.29, 1.82) is 0 Å². The number of aryl methyl sites for hydroxylation is 1. The molecule has 1 unspecified atom stereocenters. The zero-order chi connectivity index (χ0) is 12.9. The van der Waals surface area contributed by atoms with Gasteiger partial charge in [0.1, 0.15) is 11.0 Å². The summed E-state index contributed by atoms with van der Waals surface area (Å²) in [6.45, 7) is 5.77. The van der Waals surface area contributed by atoms with Crippen LogP contribution in [-0.2, 0) is 17.4 Å². The van der Waals surface area contributed by atoms with Crippen molar-refractivity contribution in [3.8, 4) is 0 Å². The molecule has 0 aliphatic carbocycles. The first-order valence-corrected chi connectivity index (χ1v) is 7.49. The van der Waals surface area contributed by atoms with Crippen LogP contribution in [0.3, 0.4) is 0 Å². The van der Waals surface area contributed by atoms with Crippen LogP contribution < -0.4 is 0 Å². The minimum atomic E-state index is -1.14. The van der Waals surface area contributed by atoms with Crippen molar-refractivity contribution in [2.24, 2.45) is 4.40 Å². The van der Waals surface area contributed by atoms with Crippen molar-refractivity contribution in [3.05, 3.63) is 34.3 Å². The third-order valence-electron chi connectivity index (χ3n) is 2.19. The van der Waals surface area contributed by atoms with Crippen molar-refractivity contribution in [2.75, 3.05) is 0 Å². The summed E-state index contributed by atoms with van der Waals surface area (Å²) in [5, 5.41) is 0. The summed E-state index contributed by atoms with van der Waals surface area (Å²) in [4.78, 5) is 0. The fourth-order valence-electron chi connectivity index (χ4n) is 1.20. The predicted octanol–water partition coefficient (Wildman–Crippen LogP) is 3.91. The van der Waals surface area contributed by atoms with Gasteiger partial charge in [-0.05, 0) is 45.2 Å². The number of halogens is 1. The predicted molar refractivity (Wildman–Crippen MR) is 78.9 cm³/mol. The lowest BCUT2D eigenvalue weighted by Gasteiger charge is -2.12. The fraction of sp³-hybridized carbons (Fsp3) is 0.462. The molecule has 0 aromatic heterocycles. The van der Waals surface area contributed by atoms with Crippen molar-refractivity contribution in [3.63, 3.8) is 0 Å². The maximum atomic E-state index is 11.6. The van der Waals surface area contributed by atoms with Crippen LogP contribution in [0.15, 0.2) is 33.1 Å². The lowest BCUT2D eigenvalue weighted by atomic mass is 10.1. The van der Waals surface area contributed by atoms with Gasteiger partial charge in [-0.3, -0.25) is 0 Å². The normalized spacial score (nSPS) is 14.1. The van der Waals surface area contributed by atoms with Crippen molar-refractivity contribution in [1.82, 2.24) is 0 Å². The smallest absolute Gasteiger partial charge is 0.144 e. The van der Waals surface area contributed by atoms with Gasteiger partial charge in [-0.1, -0.05) is 34.1 Å². The summed E-state index contributed by atoms with van der Waals surface area (Å²) < 4.78 is 16.6. The van der Waals surface area contributed by atoms with E-state index in [1.807, 2.05) is 39.0 Å². The molecular weight excluding hydrogens is 298 g/mol. The Morgan fingerprint density at radius 3 is 2.59 bits per heavy atom. The third kappa shape index (κ3) is 5.13. The molecule has 4 heteroatoms. The largest absolute Gasteiger partial charge is 0.234 e. The summed E-state index contributed by atoms with van der Waals surface area (Å²) in [5.41, 5.74) is 1.25. The summed E-state index contributed by atoms with van der Waals surface area (Å²) in [5.74, 6) is 0. The van der Waals surface area contributed by atoms with Crippen LogP contribution in [0, 0.1) is 0 Å². The zero-order valence-electron chi connectivity index (χ0n) is 10.4. The van der Waals surface area contributed by atoms with Crippen LogP contribution in [-0.4, -0.2) is 15.2 Å². The Kier molecular flexibility index (Phi) is 5.53. The van der Waals surface area contributed by atoms with Crippen LogP contribution in [0.4, 0.5) is 0 Å². The van der Waals surface area contributed by atoms with Crippen LogP contribution in [0.25, 0.3) is 0 Å². The van der Waals surface area contributed by atoms with E-state index < -0.39 is 11.0 Å². The Balaban J connectivity index is 2.46. The maximum absolute atomic E-state index is 11.6. The Hall–Kier alpha value is -0.480. The molecule has 1 aromatic rings. The minimum Gasteiger partial charge on any atom is -0.234 e. The first kappa shape index (κ1) is 14.6. The molecule has 0 N–H and O–H groups in total. The monoisotopic (exact) mass is 315 g/mol. The topological polar surface area (TPSA) is 29.4 Å². The average Bonchev–Trinajstić information content (AvgIpc) is 2.25. The number of nitrogens with zero attached hydrogens (tertiary/aromatic N) is 1. The van der Waals surface area contributed by atoms with Crippen LogP contribution in [0.5, 0.6) is 0 Å². The Morgan fingerprint density at radius 2 is 2.00 bits per heavy atom. The van der Waals surface area contributed by atoms with E-state index in [1.54, 1.807) is 6.21 Å². The molecule has 0 radical (unpaired) electrons. The van der Waals surface area contributed by atoms with Crippen LogP contribution >= 0.6 is 15.9 Å². The number of rotatable bonds is 4. The fourth-order valence-corrected chi connectivity index (χ4v) is 2.24. The molecular formula is C13H18BrNOS. The molecule has 0 saturated heterocycles. The van der Waals surface area contributed by atoms with Gasteiger partial charge >= 0.3 is 0 Å². The van der Waals surface area contributed by atoms with Gasteiger partial charge < -0.3 is 0 Å². The SMILES string of the molecule is CC(C)(C)S(=O)/N=C/CCc1ccccc1Br. The average molecular weight is 316 g/mol. The first-order valence-electron chi connectivity index (χ1n) is 5.59. The van der Waals surface area contributed by atoms with E-state index in [9.17, 15) is 4.21 Å². The highest BCUT2D eigenvalue weighted by molar-refractivity contribution is 9.10. The highest BCUT2D eigenvalue weighted by atomic mass is 79.9. The quantitative estimate of drug-likeness (QED) is 0.774. The van der Waals surface area contributed by atoms with Gasteiger partial charge in [0.15, 0.2) is 0 Å². The summed E-state index contributed by atoms with van der Waals surface area (Å²) in [7, 11) is -1.14. The van der Waals surface area contributed by atoms with E-state index in [-0.39, 0.29) is 4.75 Å². The molecule has 0 aliphatic rings. The van der Waals surface area contributed by atoms with E-state index in [2.05, 4.69) is 26.4 Å². The van der Waals surface area contributed by atoms with E-state index >= 15 is 0 Å². The van der Waals surface area contributed by atoms with E-state index in [0.29, 0.717) is 0 Å². The second-order valence-electron chi connectivity index (χ2n) is 4.78. The standard InChI is InChI=1S/C13H18BrNOS/c1-13(2,3)17(16)15-10-6-8-11-7-4-5-9-12(11)14/h4-5,7,9-10H,6,8H2,1-3H3/b15-10+. The number of benzene rings is 1. The molecule has 1 rings (SSSR count). The van der Waals surface area contributed by atoms with Crippen LogP contribution in [0.2, 0.25) is 0 Å². The van der Waals surface area contributed by atoms with Gasteiger partial charge in [0, 0.05) is 10.7 Å². The maximum Gasteiger partial charge on any atom is 0.144 e. The van der Waals surface area contributed by atoms with E-state index in [4.69, 9.17) is 0 Å². The van der Waals surface area contributed by atoms with Gasteiger partial charge in [0.05, 0.1) is 4.75 Å². The summed E-state index contributed by atoms with van der Waals surface area (Å²) >= 11 is 3.50. The minimum absolute atomic E-state index is 0.274. The second-order valence-corrected chi connectivity index (χ2v) is 7.57. The first-order chi connectivity index (χ1) is 7.91. The van der Waals surface area contributed by atoms with Crippen LogP contribution in [0.1, 0.15) is 32.8 Å². The van der Waals surface area contributed by atoms with Gasteiger partial charge in [-0.25, -0.2) is 4.21 Å². The highest BCUT2D eigenvalue weighted by Gasteiger charge is 2.17. The zero-order valence-corrected chi connectivity index (χ0v) is 12.8. The molecule has 0 aliphatic heterocycles. The number of hydrogen-bond donors (Lipinski definition) is 0. The highest BCUT2D eigenvalue weighted by Crippen LogP contribution is 2.17. The third-order valence-corrected chi connectivity index (χ3v) is 4.36. The Bertz CT molecular complexity index is 424. The van der Waals surface area contributed by atoms with Gasteiger partial charge in [0.2, 0.25) is 0 Å². The molecule has 94 valence electrons. The van der Waals surface area contributed by atoms with Crippen molar-refractivity contribution in [2.45, 2.75) is 38.4 Å². The van der Waals surface area contributed by atoms with E-state index in [1.165, 1.54) is 5.56 Å². The van der Waals surface area contributed by atoms with Gasteiger partial charge in [0.25, 0.3) is 0 Å². The van der Waals surface area contributed by atoms with Crippen molar-refractivity contribution >= 4 is 33.1 Å². The molecule has 2 nitrogen and oxygen atoms in total. The summed E-state index contributed by atoms with van der Waals surface area (Å²) in [6, 6.07) is 8.12. The summed E-state index contributed by atoms with van der Waals surface area (Å²) in [6.07, 6.45) is 3.48. The molecule has 0 heterocycles. The Morgan fingerprint density at radius 1 is 1.35 bits per heavy atom. The molecule has 0 fully saturated rings. The molecule has 0 saturated carbocycles. The van der Waals surface area contributed by atoms with Crippen molar-refractivity contribution < 1.29 is 4.21 Å². The molecule has 17 heavy (non-hydrogen) atoms. The second kappa shape index (κ2) is 6.45. The molecule has 0 bridgehead atoms. The Labute approximate surface area is 114 Å². The van der Waals surface area contributed by atoms with Gasteiger partial charge in [-0.15, -0.1) is 0 Å². The van der Waals surface area contributed by atoms with E-state index in [0.717, 1.165) is 17.3 Å². The molecule has 0 spiro atoms.